The Morgan fingerprint density at radius 3 is 2.43 bits per heavy atom. The van der Waals surface area contributed by atoms with E-state index >= 15 is 0 Å². The van der Waals surface area contributed by atoms with Gasteiger partial charge >= 0.3 is 0 Å². The Bertz CT molecular complexity index is 864. The van der Waals surface area contributed by atoms with E-state index in [4.69, 9.17) is 9.47 Å². The Morgan fingerprint density at radius 1 is 1.00 bits per heavy atom. The van der Waals surface area contributed by atoms with Crippen LogP contribution in [0, 0.1) is 0 Å². The summed E-state index contributed by atoms with van der Waals surface area (Å²) < 4.78 is 11.4. The van der Waals surface area contributed by atoms with Gasteiger partial charge in [-0.3, -0.25) is 9.59 Å². The van der Waals surface area contributed by atoms with Gasteiger partial charge in [0.05, 0.1) is 12.2 Å². The van der Waals surface area contributed by atoms with Crippen molar-refractivity contribution in [2.45, 2.75) is 38.1 Å². The monoisotopic (exact) mass is 474 g/mol. The summed E-state index contributed by atoms with van der Waals surface area (Å²) in [5, 5.41) is 5.96. The highest BCUT2D eigenvalue weighted by molar-refractivity contribution is 9.10. The minimum Gasteiger partial charge on any atom is -0.490 e. The van der Waals surface area contributed by atoms with E-state index in [0.29, 0.717) is 35.8 Å². The molecule has 0 saturated heterocycles. The number of carbonyl (C=O) groups excluding carboxylic acids is 2. The predicted molar refractivity (Wildman–Crippen MR) is 120 cm³/mol. The van der Waals surface area contributed by atoms with Crippen molar-refractivity contribution in [3.05, 3.63) is 58.1 Å². The number of halogens is 1. The lowest BCUT2D eigenvalue weighted by Gasteiger charge is -2.22. The second kappa shape index (κ2) is 11.1. The van der Waals surface area contributed by atoms with Crippen molar-refractivity contribution < 1.29 is 19.1 Å². The van der Waals surface area contributed by atoms with E-state index in [2.05, 4.69) is 26.6 Å². The Hall–Kier alpha value is -2.38. The summed E-state index contributed by atoms with van der Waals surface area (Å²) in [7, 11) is 1.59. The summed E-state index contributed by atoms with van der Waals surface area (Å²) in [5.41, 5.74) is 1.61. The van der Waals surface area contributed by atoms with Gasteiger partial charge in [-0.25, -0.2) is 0 Å². The van der Waals surface area contributed by atoms with Gasteiger partial charge in [-0.05, 0) is 55.3 Å². The van der Waals surface area contributed by atoms with Gasteiger partial charge in [-0.1, -0.05) is 35.2 Å². The average molecular weight is 475 g/mol. The molecule has 2 amide bonds. The maximum atomic E-state index is 12.8. The Balaban J connectivity index is 1.63. The van der Waals surface area contributed by atoms with E-state index in [-0.39, 0.29) is 17.9 Å². The lowest BCUT2D eigenvalue weighted by atomic mass is 9.95. The molecule has 30 heavy (non-hydrogen) atoms. The Labute approximate surface area is 185 Å². The van der Waals surface area contributed by atoms with Crippen LogP contribution in [0.5, 0.6) is 5.75 Å². The van der Waals surface area contributed by atoms with Crippen LogP contribution in [0.25, 0.3) is 0 Å². The number of carbonyl (C=O) groups is 2. The van der Waals surface area contributed by atoms with Crippen LogP contribution < -0.4 is 15.4 Å². The zero-order valence-electron chi connectivity index (χ0n) is 17.1. The number of benzene rings is 2. The molecule has 1 aliphatic carbocycles. The highest BCUT2D eigenvalue weighted by Crippen LogP contribution is 2.25. The molecular formula is C23H27BrN2O4. The quantitative estimate of drug-likeness (QED) is 0.539. The third kappa shape index (κ3) is 6.31. The van der Waals surface area contributed by atoms with Crippen LogP contribution in [-0.4, -0.2) is 38.2 Å². The zero-order chi connectivity index (χ0) is 21.3. The van der Waals surface area contributed by atoms with Gasteiger partial charge < -0.3 is 20.1 Å². The standard InChI is InChI=1S/C23H27BrN2O4/c1-29-13-14-30-21-12-9-17(24)15-20(21)23(28)26-19-10-7-16(8-11-19)22(27)25-18-5-3-2-4-6-18/h7-12,15,18H,2-6,13-14H2,1H3,(H,25,27)(H,26,28). The van der Waals surface area contributed by atoms with Crippen molar-refractivity contribution >= 4 is 33.4 Å². The molecule has 6 nitrogen and oxygen atoms in total. The smallest absolute Gasteiger partial charge is 0.259 e. The fourth-order valence-corrected chi connectivity index (χ4v) is 3.82. The molecule has 3 rings (SSSR count). The summed E-state index contributed by atoms with van der Waals surface area (Å²) in [5.74, 6) is 0.125. The largest absolute Gasteiger partial charge is 0.490 e. The third-order valence-corrected chi connectivity index (χ3v) is 5.57. The topological polar surface area (TPSA) is 76.7 Å². The molecule has 0 spiro atoms. The van der Waals surface area contributed by atoms with Crippen molar-refractivity contribution in [1.82, 2.24) is 5.32 Å². The molecule has 0 aromatic heterocycles. The molecule has 1 aliphatic rings. The van der Waals surface area contributed by atoms with E-state index in [0.717, 1.165) is 17.3 Å². The Morgan fingerprint density at radius 2 is 1.73 bits per heavy atom. The average Bonchev–Trinajstić information content (AvgIpc) is 2.76. The highest BCUT2D eigenvalue weighted by Gasteiger charge is 2.17. The summed E-state index contributed by atoms with van der Waals surface area (Å²) >= 11 is 3.39. The number of nitrogens with one attached hydrogen (secondary N) is 2. The number of anilines is 1. The van der Waals surface area contributed by atoms with E-state index in [1.165, 1.54) is 19.3 Å². The summed E-state index contributed by atoms with van der Waals surface area (Å²) in [4.78, 5) is 25.2. The molecule has 0 atom stereocenters. The molecule has 2 N–H and O–H groups in total. The molecule has 0 bridgehead atoms. The van der Waals surface area contributed by atoms with Gasteiger partial charge in [0.2, 0.25) is 0 Å². The molecule has 0 unspecified atom stereocenters. The van der Waals surface area contributed by atoms with Crippen LogP contribution in [0.2, 0.25) is 0 Å². The van der Waals surface area contributed by atoms with E-state index in [1.807, 2.05) is 6.07 Å². The van der Waals surface area contributed by atoms with Crippen LogP contribution in [0.4, 0.5) is 5.69 Å². The van der Waals surface area contributed by atoms with Gasteiger partial charge in [0.25, 0.3) is 11.8 Å². The second-order valence-corrected chi connectivity index (χ2v) is 8.24. The fraction of sp³-hybridized carbons (Fsp3) is 0.391. The predicted octanol–water partition coefficient (Wildman–Crippen LogP) is 4.79. The number of ether oxygens (including phenoxy) is 2. The third-order valence-electron chi connectivity index (χ3n) is 5.08. The van der Waals surface area contributed by atoms with Gasteiger partial charge in [-0.2, -0.15) is 0 Å². The van der Waals surface area contributed by atoms with Gasteiger partial charge in [0.1, 0.15) is 12.4 Å². The van der Waals surface area contributed by atoms with Crippen molar-refractivity contribution in [3.63, 3.8) is 0 Å². The summed E-state index contributed by atoms with van der Waals surface area (Å²) in [6.07, 6.45) is 5.67. The molecule has 2 aromatic rings. The van der Waals surface area contributed by atoms with E-state index in [9.17, 15) is 9.59 Å². The lowest BCUT2D eigenvalue weighted by Crippen LogP contribution is -2.36. The first-order valence-corrected chi connectivity index (χ1v) is 11.0. The first kappa shape index (κ1) is 22.3. The molecule has 1 saturated carbocycles. The molecule has 7 heteroatoms. The first-order chi connectivity index (χ1) is 14.6. The van der Waals surface area contributed by atoms with Crippen molar-refractivity contribution in [2.24, 2.45) is 0 Å². The number of methoxy groups -OCH3 is 1. The van der Waals surface area contributed by atoms with E-state index < -0.39 is 0 Å². The second-order valence-electron chi connectivity index (χ2n) is 7.32. The number of hydrogen-bond acceptors (Lipinski definition) is 4. The maximum Gasteiger partial charge on any atom is 0.259 e. The molecule has 0 aliphatic heterocycles. The lowest BCUT2D eigenvalue weighted by molar-refractivity contribution is 0.0927. The molecule has 1 fully saturated rings. The van der Waals surface area contributed by atoms with Gasteiger partial charge in [-0.15, -0.1) is 0 Å². The van der Waals surface area contributed by atoms with Crippen molar-refractivity contribution in [3.8, 4) is 5.75 Å². The van der Waals surface area contributed by atoms with E-state index in [1.54, 1.807) is 43.5 Å². The van der Waals surface area contributed by atoms with Gasteiger partial charge in [0, 0.05) is 28.9 Å². The fourth-order valence-electron chi connectivity index (χ4n) is 3.46. The number of amides is 2. The highest BCUT2D eigenvalue weighted by atomic mass is 79.9. The van der Waals surface area contributed by atoms with Gasteiger partial charge in [0.15, 0.2) is 0 Å². The SMILES string of the molecule is COCCOc1ccc(Br)cc1C(=O)Nc1ccc(C(=O)NC2CCCCC2)cc1. The van der Waals surface area contributed by atoms with Crippen LogP contribution >= 0.6 is 15.9 Å². The van der Waals surface area contributed by atoms with Crippen molar-refractivity contribution in [2.75, 3.05) is 25.6 Å². The summed E-state index contributed by atoms with van der Waals surface area (Å²) in [6, 6.07) is 12.5. The molecule has 0 radical (unpaired) electrons. The zero-order valence-corrected chi connectivity index (χ0v) is 18.7. The Kier molecular flexibility index (Phi) is 8.28. The minimum atomic E-state index is -0.289. The van der Waals surface area contributed by atoms with Crippen LogP contribution in [-0.2, 0) is 4.74 Å². The van der Waals surface area contributed by atoms with Crippen LogP contribution in [0.1, 0.15) is 52.8 Å². The molecule has 0 heterocycles. The molecule has 2 aromatic carbocycles. The normalized spacial score (nSPS) is 14.2. The molecular weight excluding hydrogens is 448 g/mol. The number of hydrogen-bond donors (Lipinski definition) is 2. The van der Waals surface area contributed by atoms with Crippen LogP contribution in [0.15, 0.2) is 46.9 Å². The first-order valence-electron chi connectivity index (χ1n) is 10.2. The molecule has 160 valence electrons. The van der Waals surface area contributed by atoms with Crippen LogP contribution in [0.3, 0.4) is 0 Å². The minimum absolute atomic E-state index is 0.0689. The number of rotatable bonds is 8. The maximum absolute atomic E-state index is 12.8. The van der Waals surface area contributed by atoms with Crippen molar-refractivity contribution in [1.29, 1.82) is 0 Å². The summed E-state index contributed by atoms with van der Waals surface area (Å²) in [6.45, 7) is 0.782.